The van der Waals surface area contributed by atoms with Gasteiger partial charge in [0.05, 0.1) is 11.3 Å². The summed E-state index contributed by atoms with van der Waals surface area (Å²) < 4.78 is 0. The van der Waals surface area contributed by atoms with Crippen LogP contribution in [-0.2, 0) is 5.41 Å². The number of ketones is 1. The number of carbonyl (C=O) groups excluding carboxylic acids is 2. The standard InChI is InChI=1S/C34H37N5O2/c1-22-17-28(23-3-8-27-30(19-23)34(20-31(27)40)9-11-35-12-10-34)29-18-24(21-36-32(22)29)33(41)37-25-4-6-26(7-5-25)39-15-13-38(2)14-16-39/h3-8,17-19,21-22,35H,9-16,20H2,1-2H3,(H,37,41)/t22-/m0/s1. The molecular weight excluding hydrogens is 510 g/mol. The Kier molecular flexibility index (Phi) is 6.51. The minimum absolute atomic E-state index is 0.0544. The lowest BCUT2D eigenvalue weighted by molar-refractivity contribution is 0.0963. The second kappa shape index (κ2) is 10.2. The zero-order valence-electron chi connectivity index (χ0n) is 23.9. The molecule has 0 saturated carbocycles. The van der Waals surface area contributed by atoms with Gasteiger partial charge in [-0.1, -0.05) is 25.1 Å². The van der Waals surface area contributed by atoms with Crippen molar-refractivity contribution in [3.8, 4) is 0 Å². The highest BCUT2D eigenvalue weighted by atomic mass is 16.1. The lowest BCUT2D eigenvalue weighted by atomic mass is 9.73. The Morgan fingerprint density at radius 3 is 2.51 bits per heavy atom. The van der Waals surface area contributed by atoms with E-state index in [0.717, 1.165) is 85.8 Å². The average molecular weight is 548 g/mol. The van der Waals surface area contributed by atoms with Gasteiger partial charge < -0.3 is 20.4 Å². The maximum absolute atomic E-state index is 13.3. The summed E-state index contributed by atoms with van der Waals surface area (Å²) in [6.07, 6.45) is 6.52. The molecule has 7 rings (SSSR count). The van der Waals surface area contributed by atoms with E-state index in [2.05, 4.69) is 64.7 Å². The zero-order chi connectivity index (χ0) is 28.1. The molecule has 2 aliphatic heterocycles. The zero-order valence-corrected chi connectivity index (χ0v) is 23.9. The summed E-state index contributed by atoms with van der Waals surface area (Å²) in [5.74, 6) is 0.251. The predicted octanol–water partition coefficient (Wildman–Crippen LogP) is 4.84. The fourth-order valence-corrected chi connectivity index (χ4v) is 7.11. The molecule has 41 heavy (non-hydrogen) atoms. The Morgan fingerprint density at radius 1 is 1.00 bits per heavy atom. The van der Waals surface area contributed by atoms with Gasteiger partial charge >= 0.3 is 0 Å². The first kappa shape index (κ1) is 26.1. The van der Waals surface area contributed by atoms with Crippen molar-refractivity contribution in [1.82, 2.24) is 15.2 Å². The molecule has 1 aromatic heterocycles. The number of hydrogen-bond donors (Lipinski definition) is 2. The summed E-state index contributed by atoms with van der Waals surface area (Å²) in [4.78, 5) is 35.7. The number of piperidine rings is 1. The third-order valence-electron chi connectivity index (χ3n) is 9.57. The highest BCUT2D eigenvalue weighted by molar-refractivity contribution is 6.05. The summed E-state index contributed by atoms with van der Waals surface area (Å²) in [6, 6.07) is 16.4. The molecule has 1 amide bonds. The van der Waals surface area contributed by atoms with Crippen LogP contribution in [-0.4, -0.2) is 67.9 Å². The van der Waals surface area contributed by atoms with E-state index in [1.807, 2.05) is 24.3 Å². The number of nitrogens with one attached hydrogen (secondary N) is 2. The number of hydrogen-bond acceptors (Lipinski definition) is 6. The first-order chi connectivity index (χ1) is 19.9. The first-order valence-electron chi connectivity index (χ1n) is 14.9. The van der Waals surface area contributed by atoms with Gasteiger partial charge in [-0.05, 0) is 86.1 Å². The Bertz CT molecular complexity index is 1550. The minimum Gasteiger partial charge on any atom is -0.369 e. The van der Waals surface area contributed by atoms with Crippen molar-refractivity contribution in [2.45, 2.75) is 37.5 Å². The van der Waals surface area contributed by atoms with Crippen LogP contribution in [0.4, 0.5) is 11.4 Å². The van der Waals surface area contributed by atoms with E-state index in [0.29, 0.717) is 12.0 Å². The summed E-state index contributed by atoms with van der Waals surface area (Å²) in [5.41, 5.74) is 8.70. The number of anilines is 2. The highest BCUT2D eigenvalue weighted by Crippen LogP contribution is 2.47. The van der Waals surface area contributed by atoms with E-state index < -0.39 is 0 Å². The molecule has 3 aromatic rings. The number of carbonyl (C=O) groups is 2. The molecule has 2 aliphatic carbocycles. The Morgan fingerprint density at radius 2 is 1.76 bits per heavy atom. The van der Waals surface area contributed by atoms with Gasteiger partial charge in [-0.25, -0.2) is 0 Å². The molecule has 7 heteroatoms. The Balaban J connectivity index is 1.13. The van der Waals surface area contributed by atoms with E-state index in [1.54, 1.807) is 6.20 Å². The monoisotopic (exact) mass is 547 g/mol. The quantitative estimate of drug-likeness (QED) is 0.487. The van der Waals surface area contributed by atoms with E-state index >= 15 is 0 Å². The van der Waals surface area contributed by atoms with Crippen LogP contribution < -0.4 is 15.5 Å². The lowest BCUT2D eigenvalue weighted by Crippen LogP contribution is -2.44. The summed E-state index contributed by atoms with van der Waals surface area (Å²) in [5, 5.41) is 6.51. The van der Waals surface area contributed by atoms with Crippen molar-refractivity contribution in [2.24, 2.45) is 0 Å². The van der Waals surface area contributed by atoms with Crippen LogP contribution in [0.2, 0.25) is 0 Å². The van der Waals surface area contributed by atoms with Crippen molar-refractivity contribution in [3.63, 3.8) is 0 Å². The number of pyridine rings is 1. The predicted molar refractivity (Wildman–Crippen MR) is 163 cm³/mol. The second-order valence-electron chi connectivity index (χ2n) is 12.2. The van der Waals surface area contributed by atoms with Gasteiger partial charge in [0.2, 0.25) is 0 Å². The Hall–Kier alpha value is -3.81. The second-order valence-corrected chi connectivity index (χ2v) is 12.2. The third kappa shape index (κ3) is 4.67. The number of fused-ring (bicyclic) bond motifs is 3. The van der Waals surface area contributed by atoms with Crippen LogP contribution in [0.5, 0.6) is 0 Å². The van der Waals surface area contributed by atoms with Gasteiger partial charge in [-0.3, -0.25) is 14.6 Å². The summed E-state index contributed by atoms with van der Waals surface area (Å²) in [6.45, 7) is 8.17. The third-order valence-corrected chi connectivity index (χ3v) is 9.57. The van der Waals surface area contributed by atoms with Crippen molar-refractivity contribution in [2.75, 3.05) is 56.5 Å². The number of allylic oxidation sites excluding steroid dienone is 1. The maximum atomic E-state index is 13.3. The molecule has 2 aromatic carbocycles. The normalized spacial score (nSPS) is 21.5. The average Bonchev–Trinajstić information content (AvgIpc) is 3.46. The van der Waals surface area contributed by atoms with Crippen LogP contribution in [0.25, 0.3) is 5.57 Å². The van der Waals surface area contributed by atoms with Crippen LogP contribution in [0.3, 0.4) is 0 Å². The molecule has 2 saturated heterocycles. The highest BCUT2D eigenvalue weighted by Gasteiger charge is 2.44. The number of likely N-dealkylation sites (N-methyl/N-ethyl adjacent to an activating group) is 1. The minimum atomic E-state index is -0.167. The molecular formula is C34H37N5O2. The number of nitrogens with zero attached hydrogens (tertiary/aromatic N) is 3. The molecule has 1 spiro atoms. The maximum Gasteiger partial charge on any atom is 0.257 e. The molecule has 4 aliphatic rings. The molecule has 1 atom stereocenters. The number of Topliss-reactive ketones (excluding diaryl/α,β-unsaturated/α-hetero) is 1. The first-order valence-corrected chi connectivity index (χ1v) is 14.9. The van der Waals surface area contributed by atoms with Gasteiger partial charge in [0.15, 0.2) is 5.78 Å². The Labute approximate surface area is 241 Å². The molecule has 0 bridgehead atoms. The van der Waals surface area contributed by atoms with Gasteiger partial charge in [0.25, 0.3) is 5.91 Å². The summed E-state index contributed by atoms with van der Waals surface area (Å²) in [7, 11) is 2.15. The fourth-order valence-electron chi connectivity index (χ4n) is 7.11. The van der Waals surface area contributed by atoms with Crippen LogP contribution >= 0.6 is 0 Å². The number of benzene rings is 2. The van der Waals surface area contributed by atoms with Crippen molar-refractivity contribution >= 4 is 28.6 Å². The van der Waals surface area contributed by atoms with Gasteiger partial charge in [0, 0.05) is 72.6 Å². The molecule has 210 valence electrons. The van der Waals surface area contributed by atoms with Crippen molar-refractivity contribution in [3.05, 3.63) is 94.3 Å². The van der Waals surface area contributed by atoms with Gasteiger partial charge in [-0.2, -0.15) is 0 Å². The number of aromatic nitrogens is 1. The SMILES string of the molecule is C[C@H]1C=C(c2ccc3c(c2)C2(CCNCC2)CC3=O)c2cc(C(=O)Nc3ccc(N4CCN(C)CC4)cc3)cnc21. The van der Waals surface area contributed by atoms with E-state index in [-0.39, 0.29) is 23.0 Å². The smallest absolute Gasteiger partial charge is 0.257 e. The molecule has 2 N–H and O–H groups in total. The molecule has 2 fully saturated rings. The molecule has 7 nitrogen and oxygen atoms in total. The molecule has 3 heterocycles. The molecule has 0 radical (unpaired) electrons. The van der Waals surface area contributed by atoms with Gasteiger partial charge in [-0.15, -0.1) is 0 Å². The van der Waals surface area contributed by atoms with Gasteiger partial charge in [0.1, 0.15) is 0 Å². The van der Waals surface area contributed by atoms with E-state index in [1.165, 1.54) is 11.3 Å². The van der Waals surface area contributed by atoms with Crippen LogP contribution in [0.1, 0.15) is 75.2 Å². The largest absolute Gasteiger partial charge is 0.369 e. The van der Waals surface area contributed by atoms with E-state index in [4.69, 9.17) is 4.98 Å². The van der Waals surface area contributed by atoms with Crippen molar-refractivity contribution < 1.29 is 9.59 Å². The van der Waals surface area contributed by atoms with Crippen LogP contribution in [0, 0.1) is 0 Å². The fraction of sp³-hybridized carbons (Fsp3) is 0.382. The number of amides is 1. The van der Waals surface area contributed by atoms with Crippen molar-refractivity contribution in [1.29, 1.82) is 0 Å². The van der Waals surface area contributed by atoms with Crippen LogP contribution in [0.15, 0.2) is 60.8 Å². The van der Waals surface area contributed by atoms with E-state index in [9.17, 15) is 9.59 Å². The number of piperazine rings is 1. The number of rotatable bonds is 4. The molecule has 0 unspecified atom stereocenters. The lowest BCUT2D eigenvalue weighted by Gasteiger charge is -2.34. The summed E-state index contributed by atoms with van der Waals surface area (Å²) >= 11 is 0. The topological polar surface area (TPSA) is 77.6 Å².